The Hall–Kier alpha value is -2.66. The first-order chi connectivity index (χ1) is 15.1. The summed E-state index contributed by atoms with van der Waals surface area (Å²) in [5.74, 6) is 3.94. The van der Waals surface area contributed by atoms with Crippen molar-refractivity contribution in [3.8, 4) is 5.75 Å². The Kier molecular flexibility index (Phi) is 4.42. The second kappa shape index (κ2) is 7.20. The summed E-state index contributed by atoms with van der Waals surface area (Å²) in [6.45, 7) is 2.24. The first kappa shape index (κ1) is 19.1. The number of benzene rings is 2. The van der Waals surface area contributed by atoms with Gasteiger partial charge in [-0.25, -0.2) is 9.37 Å². The third-order valence-corrected chi connectivity index (χ3v) is 7.38. The van der Waals surface area contributed by atoms with E-state index in [0.29, 0.717) is 23.7 Å². The van der Waals surface area contributed by atoms with Gasteiger partial charge in [0, 0.05) is 22.5 Å². The lowest BCUT2D eigenvalue weighted by atomic mass is 9.93. The highest BCUT2D eigenvalue weighted by atomic mass is 35.5. The van der Waals surface area contributed by atoms with Gasteiger partial charge in [0.1, 0.15) is 17.4 Å². The van der Waals surface area contributed by atoms with E-state index in [9.17, 15) is 4.39 Å². The molecule has 0 radical (unpaired) electrons. The molecule has 2 heterocycles. The molecule has 2 aliphatic rings. The van der Waals surface area contributed by atoms with Gasteiger partial charge in [0.2, 0.25) is 0 Å². The number of aromatic amines is 1. The number of hydrogen-bond donors (Lipinski definition) is 1. The molecule has 2 fully saturated rings. The molecule has 5 atom stereocenters. The second-order valence-corrected chi connectivity index (χ2v) is 9.32. The fourth-order valence-electron chi connectivity index (χ4n) is 5.74. The molecule has 4 nitrogen and oxygen atoms in total. The molecule has 0 saturated heterocycles. The molecule has 2 saturated carbocycles. The smallest absolute Gasteiger partial charge is 0.130 e. The first-order valence-electron chi connectivity index (χ1n) is 11.0. The Balaban J connectivity index is 1.18. The zero-order valence-electron chi connectivity index (χ0n) is 17.2. The molecule has 1 N–H and O–H groups in total. The van der Waals surface area contributed by atoms with E-state index in [1.54, 1.807) is 12.3 Å². The number of nitrogens with zero attached hydrogens (tertiary/aromatic N) is 2. The lowest BCUT2D eigenvalue weighted by Crippen LogP contribution is -2.18. The van der Waals surface area contributed by atoms with Crippen molar-refractivity contribution < 1.29 is 9.13 Å². The van der Waals surface area contributed by atoms with E-state index in [4.69, 9.17) is 21.3 Å². The Labute approximate surface area is 184 Å². The molecular formula is C25H23ClFN3O. The van der Waals surface area contributed by atoms with Crippen molar-refractivity contribution >= 4 is 33.5 Å². The molecular weight excluding hydrogens is 413 g/mol. The van der Waals surface area contributed by atoms with Crippen LogP contribution in [0.2, 0.25) is 5.02 Å². The van der Waals surface area contributed by atoms with Crippen molar-refractivity contribution in [3.63, 3.8) is 0 Å². The van der Waals surface area contributed by atoms with Crippen molar-refractivity contribution in [1.29, 1.82) is 0 Å². The Morgan fingerprint density at radius 2 is 1.94 bits per heavy atom. The summed E-state index contributed by atoms with van der Waals surface area (Å²) in [6.07, 6.45) is 5.04. The van der Waals surface area contributed by atoms with Crippen LogP contribution in [0.5, 0.6) is 5.75 Å². The zero-order chi connectivity index (χ0) is 21.1. The summed E-state index contributed by atoms with van der Waals surface area (Å²) in [5, 5.41) is 1.47. The van der Waals surface area contributed by atoms with E-state index in [1.165, 1.54) is 12.1 Å². The maximum atomic E-state index is 13.7. The van der Waals surface area contributed by atoms with Gasteiger partial charge in [0.25, 0.3) is 0 Å². The van der Waals surface area contributed by atoms with E-state index < -0.39 is 0 Å². The Bertz CT molecular complexity index is 1280. The van der Waals surface area contributed by atoms with Gasteiger partial charge in [0.05, 0.1) is 22.7 Å². The summed E-state index contributed by atoms with van der Waals surface area (Å²) in [7, 11) is 0. The second-order valence-electron chi connectivity index (χ2n) is 8.89. The third-order valence-electron chi connectivity index (χ3n) is 7.14. The SMILES string of the molecule is CCC(c1nc2ccc(Cl)cc2[nH]1)C1[C@H]2CC(Oc3ccnc4ccc(F)cc34)C[C@@H]12. The minimum absolute atomic E-state index is 0.173. The van der Waals surface area contributed by atoms with Gasteiger partial charge >= 0.3 is 0 Å². The van der Waals surface area contributed by atoms with Crippen LogP contribution in [0.4, 0.5) is 4.39 Å². The van der Waals surface area contributed by atoms with Crippen molar-refractivity contribution in [2.75, 3.05) is 0 Å². The van der Waals surface area contributed by atoms with E-state index in [0.717, 1.165) is 57.8 Å². The van der Waals surface area contributed by atoms with Gasteiger partial charge in [-0.15, -0.1) is 0 Å². The molecule has 2 aromatic heterocycles. The number of hydrogen-bond acceptors (Lipinski definition) is 3. The van der Waals surface area contributed by atoms with Gasteiger partial charge in [-0.05, 0) is 79.5 Å². The van der Waals surface area contributed by atoms with Gasteiger partial charge in [-0.1, -0.05) is 18.5 Å². The number of halogens is 2. The average molecular weight is 436 g/mol. The van der Waals surface area contributed by atoms with Gasteiger partial charge in [-0.3, -0.25) is 4.98 Å². The van der Waals surface area contributed by atoms with Crippen LogP contribution in [0, 0.1) is 23.6 Å². The predicted molar refractivity (Wildman–Crippen MR) is 120 cm³/mol. The number of fused-ring (bicyclic) bond motifs is 3. The lowest BCUT2D eigenvalue weighted by Gasteiger charge is -2.20. The van der Waals surface area contributed by atoms with Gasteiger partial charge in [0.15, 0.2) is 0 Å². The minimum Gasteiger partial charge on any atom is -0.490 e. The average Bonchev–Trinajstić information content (AvgIpc) is 3.09. The quantitative estimate of drug-likeness (QED) is 0.389. The number of nitrogens with one attached hydrogen (secondary N) is 1. The van der Waals surface area contributed by atoms with Crippen molar-refractivity contribution in [2.24, 2.45) is 17.8 Å². The molecule has 31 heavy (non-hydrogen) atoms. The first-order valence-corrected chi connectivity index (χ1v) is 11.3. The normalized spacial score (nSPS) is 25.6. The van der Waals surface area contributed by atoms with E-state index in [1.807, 2.05) is 24.3 Å². The highest BCUT2D eigenvalue weighted by Crippen LogP contribution is 2.63. The van der Waals surface area contributed by atoms with Crippen LogP contribution >= 0.6 is 11.6 Å². The van der Waals surface area contributed by atoms with Crippen LogP contribution in [0.3, 0.4) is 0 Å². The van der Waals surface area contributed by atoms with Gasteiger partial charge < -0.3 is 9.72 Å². The molecule has 0 amide bonds. The standard InChI is InChI=1S/C25H23ClFN3O/c1-2-16(25-29-21-5-3-13(26)9-22(21)30-25)24-17-11-15(12-18(17)24)31-23-7-8-28-20-6-4-14(27)10-19(20)23/h3-10,15-18,24H,2,11-12H2,1H3,(H,29,30)/t15?,16?,17-,18+,24?. The van der Waals surface area contributed by atoms with Crippen LogP contribution in [0.25, 0.3) is 21.9 Å². The molecule has 2 aliphatic carbocycles. The van der Waals surface area contributed by atoms with Crippen molar-refractivity contribution in [2.45, 2.75) is 38.2 Å². The maximum Gasteiger partial charge on any atom is 0.130 e. The van der Waals surface area contributed by atoms with E-state index in [-0.39, 0.29) is 11.9 Å². The summed E-state index contributed by atoms with van der Waals surface area (Å²) < 4.78 is 20.1. The van der Waals surface area contributed by atoms with Crippen LogP contribution < -0.4 is 4.74 Å². The molecule has 3 unspecified atom stereocenters. The molecule has 0 aliphatic heterocycles. The summed E-state index contributed by atoms with van der Waals surface area (Å²) in [6, 6.07) is 12.3. The summed E-state index contributed by atoms with van der Waals surface area (Å²) >= 11 is 6.14. The molecule has 4 aromatic rings. The molecule has 6 rings (SSSR count). The number of pyridine rings is 1. The van der Waals surface area contributed by atoms with Crippen molar-refractivity contribution in [1.82, 2.24) is 15.0 Å². The van der Waals surface area contributed by atoms with Crippen LogP contribution in [0.15, 0.2) is 48.7 Å². The van der Waals surface area contributed by atoms with E-state index in [2.05, 4.69) is 16.9 Å². The molecule has 0 bridgehead atoms. The fourth-order valence-corrected chi connectivity index (χ4v) is 5.91. The zero-order valence-corrected chi connectivity index (χ0v) is 17.9. The molecule has 6 heteroatoms. The number of rotatable bonds is 5. The predicted octanol–water partition coefficient (Wildman–Crippen LogP) is 6.50. The van der Waals surface area contributed by atoms with Crippen LogP contribution in [-0.4, -0.2) is 21.1 Å². The van der Waals surface area contributed by atoms with Crippen molar-refractivity contribution in [3.05, 3.63) is 65.3 Å². The third kappa shape index (κ3) is 3.26. The minimum atomic E-state index is -0.266. The summed E-state index contributed by atoms with van der Waals surface area (Å²) in [5.41, 5.74) is 2.74. The number of aromatic nitrogens is 3. The number of H-pyrrole nitrogens is 1. The van der Waals surface area contributed by atoms with E-state index >= 15 is 0 Å². The molecule has 158 valence electrons. The number of ether oxygens (including phenoxy) is 1. The van der Waals surface area contributed by atoms with Gasteiger partial charge in [-0.2, -0.15) is 0 Å². The fraction of sp³-hybridized carbons (Fsp3) is 0.360. The monoisotopic (exact) mass is 435 g/mol. The largest absolute Gasteiger partial charge is 0.490 e. The van der Waals surface area contributed by atoms with Crippen LogP contribution in [0.1, 0.15) is 37.9 Å². The molecule has 2 aromatic carbocycles. The number of imidazole rings is 1. The highest BCUT2D eigenvalue weighted by molar-refractivity contribution is 6.31. The molecule has 0 spiro atoms. The maximum absolute atomic E-state index is 13.7. The topological polar surface area (TPSA) is 50.8 Å². The Morgan fingerprint density at radius 1 is 1.13 bits per heavy atom. The highest BCUT2D eigenvalue weighted by Gasteiger charge is 2.59. The lowest BCUT2D eigenvalue weighted by molar-refractivity contribution is 0.184. The Morgan fingerprint density at radius 3 is 2.74 bits per heavy atom. The van der Waals surface area contributed by atoms with Crippen LogP contribution in [-0.2, 0) is 0 Å². The summed E-state index contributed by atoms with van der Waals surface area (Å²) in [4.78, 5) is 12.7.